The lowest BCUT2D eigenvalue weighted by molar-refractivity contribution is 0.0930. The van der Waals surface area contributed by atoms with Gasteiger partial charge in [-0.25, -0.2) is 4.79 Å². The predicted molar refractivity (Wildman–Crippen MR) is 83.0 cm³/mol. The number of hydrogen-bond donors (Lipinski definition) is 1. The molecule has 2 amide bonds. The van der Waals surface area contributed by atoms with Crippen LogP contribution in [0.4, 0.5) is 4.79 Å². The number of rotatable bonds is 5. The van der Waals surface area contributed by atoms with Gasteiger partial charge >= 0.3 is 6.09 Å². The van der Waals surface area contributed by atoms with Crippen molar-refractivity contribution in [1.82, 2.24) is 10.2 Å². The van der Waals surface area contributed by atoms with Gasteiger partial charge in [0.15, 0.2) is 0 Å². The Morgan fingerprint density at radius 1 is 1.52 bits per heavy atom. The van der Waals surface area contributed by atoms with Gasteiger partial charge in [0.05, 0.1) is 15.8 Å². The SMILES string of the molecule is CCCCOC(=O)N1CC[C@@H](NC(=O)c2ccc(Cl)s2)C1. The number of likely N-dealkylation sites (tertiary alicyclic amines) is 1. The summed E-state index contributed by atoms with van der Waals surface area (Å²) >= 11 is 7.06. The maximum Gasteiger partial charge on any atom is 0.409 e. The third-order valence-corrected chi connectivity index (χ3v) is 4.53. The van der Waals surface area contributed by atoms with Gasteiger partial charge in [0.2, 0.25) is 0 Å². The van der Waals surface area contributed by atoms with Gasteiger partial charge in [-0.1, -0.05) is 24.9 Å². The molecule has 0 saturated carbocycles. The van der Waals surface area contributed by atoms with Crippen LogP contribution in [0.2, 0.25) is 4.34 Å². The van der Waals surface area contributed by atoms with Crippen LogP contribution in [0, 0.1) is 0 Å². The lowest BCUT2D eigenvalue weighted by Crippen LogP contribution is -2.38. The van der Waals surface area contributed by atoms with Gasteiger partial charge in [-0.2, -0.15) is 0 Å². The van der Waals surface area contributed by atoms with Crippen LogP contribution in [0.3, 0.4) is 0 Å². The highest BCUT2D eigenvalue weighted by atomic mass is 35.5. The average Bonchev–Trinajstić information content (AvgIpc) is 3.08. The molecule has 21 heavy (non-hydrogen) atoms. The number of amides is 2. The minimum Gasteiger partial charge on any atom is -0.449 e. The normalized spacial score (nSPS) is 17.8. The highest BCUT2D eigenvalue weighted by molar-refractivity contribution is 7.17. The Morgan fingerprint density at radius 3 is 3.00 bits per heavy atom. The Kier molecular flexibility index (Phi) is 5.87. The maximum absolute atomic E-state index is 12.0. The van der Waals surface area contributed by atoms with Crippen LogP contribution in [0.25, 0.3) is 0 Å². The Balaban J connectivity index is 1.77. The zero-order chi connectivity index (χ0) is 15.2. The van der Waals surface area contributed by atoms with E-state index in [2.05, 4.69) is 5.32 Å². The number of unbranched alkanes of at least 4 members (excludes halogenated alkanes) is 1. The second-order valence-electron chi connectivity index (χ2n) is 4.98. The molecule has 116 valence electrons. The van der Waals surface area contributed by atoms with Crippen LogP contribution in [-0.4, -0.2) is 42.6 Å². The van der Waals surface area contributed by atoms with Gasteiger partial charge in [-0.15, -0.1) is 11.3 Å². The molecule has 1 aliphatic rings. The minimum absolute atomic E-state index is 0.0305. The number of ether oxygens (including phenoxy) is 1. The summed E-state index contributed by atoms with van der Waals surface area (Å²) in [5.41, 5.74) is 0. The van der Waals surface area contributed by atoms with Crippen molar-refractivity contribution < 1.29 is 14.3 Å². The fraction of sp³-hybridized carbons (Fsp3) is 0.571. The molecular weight excluding hydrogens is 312 g/mol. The smallest absolute Gasteiger partial charge is 0.409 e. The monoisotopic (exact) mass is 330 g/mol. The van der Waals surface area contributed by atoms with Crippen molar-refractivity contribution in [2.45, 2.75) is 32.2 Å². The number of halogens is 1. The molecule has 2 heterocycles. The quantitative estimate of drug-likeness (QED) is 0.844. The van der Waals surface area contributed by atoms with Gasteiger partial charge in [0.1, 0.15) is 0 Å². The second-order valence-corrected chi connectivity index (χ2v) is 6.69. The summed E-state index contributed by atoms with van der Waals surface area (Å²) in [6, 6.07) is 3.37. The first-order valence-electron chi connectivity index (χ1n) is 7.08. The predicted octanol–water partition coefficient (Wildman–Crippen LogP) is 3.14. The first-order chi connectivity index (χ1) is 10.1. The standard InChI is InChI=1S/C14H19ClN2O3S/c1-2-3-8-20-14(19)17-7-6-10(9-17)16-13(18)11-4-5-12(15)21-11/h4-5,10H,2-3,6-9H2,1H3,(H,16,18)/t10-/m1/s1. The van der Waals surface area contributed by atoms with E-state index < -0.39 is 0 Å². The van der Waals surface area contributed by atoms with E-state index in [1.54, 1.807) is 17.0 Å². The van der Waals surface area contributed by atoms with E-state index in [-0.39, 0.29) is 18.0 Å². The van der Waals surface area contributed by atoms with E-state index in [1.807, 2.05) is 6.92 Å². The molecule has 0 radical (unpaired) electrons. The van der Waals surface area contributed by atoms with Crippen molar-refractivity contribution in [1.29, 1.82) is 0 Å². The highest BCUT2D eigenvalue weighted by Gasteiger charge is 2.28. The molecule has 0 aromatic carbocycles. The van der Waals surface area contributed by atoms with Crippen LogP contribution in [0.1, 0.15) is 35.9 Å². The number of nitrogens with zero attached hydrogens (tertiary/aromatic N) is 1. The van der Waals surface area contributed by atoms with Gasteiger partial charge in [0.25, 0.3) is 5.91 Å². The van der Waals surface area contributed by atoms with E-state index in [1.165, 1.54) is 11.3 Å². The van der Waals surface area contributed by atoms with E-state index in [4.69, 9.17) is 16.3 Å². The van der Waals surface area contributed by atoms with Crippen molar-refractivity contribution in [3.8, 4) is 0 Å². The molecule has 1 atom stereocenters. The Labute approximate surface area is 133 Å². The van der Waals surface area contributed by atoms with Crippen molar-refractivity contribution in [3.63, 3.8) is 0 Å². The molecule has 1 aliphatic heterocycles. The van der Waals surface area contributed by atoms with E-state index in [0.29, 0.717) is 28.9 Å². The molecule has 5 nitrogen and oxygen atoms in total. The summed E-state index contributed by atoms with van der Waals surface area (Å²) in [5, 5.41) is 2.92. The number of nitrogens with one attached hydrogen (secondary N) is 1. The lowest BCUT2D eigenvalue weighted by atomic mass is 10.2. The molecule has 2 rings (SSSR count). The van der Waals surface area contributed by atoms with Gasteiger partial charge in [-0.05, 0) is 25.0 Å². The Morgan fingerprint density at radius 2 is 2.33 bits per heavy atom. The van der Waals surface area contributed by atoms with E-state index in [9.17, 15) is 9.59 Å². The molecule has 0 unspecified atom stereocenters. The van der Waals surface area contributed by atoms with Crippen molar-refractivity contribution in [2.75, 3.05) is 19.7 Å². The topological polar surface area (TPSA) is 58.6 Å². The van der Waals surface area contributed by atoms with Gasteiger partial charge in [-0.3, -0.25) is 4.79 Å². The van der Waals surface area contributed by atoms with Crippen molar-refractivity contribution in [3.05, 3.63) is 21.3 Å². The Hall–Kier alpha value is -1.27. The molecule has 1 aromatic heterocycles. The molecule has 1 saturated heterocycles. The first kappa shape index (κ1) is 16.1. The van der Waals surface area contributed by atoms with E-state index >= 15 is 0 Å². The van der Waals surface area contributed by atoms with Gasteiger partial charge < -0.3 is 15.0 Å². The van der Waals surface area contributed by atoms with Crippen LogP contribution in [-0.2, 0) is 4.74 Å². The molecule has 7 heteroatoms. The van der Waals surface area contributed by atoms with Crippen LogP contribution in [0.5, 0.6) is 0 Å². The fourth-order valence-corrected chi connectivity index (χ4v) is 3.08. The number of thiophene rings is 1. The van der Waals surface area contributed by atoms with Gasteiger partial charge in [0, 0.05) is 19.1 Å². The van der Waals surface area contributed by atoms with Crippen molar-refractivity contribution >= 4 is 34.9 Å². The maximum atomic E-state index is 12.0. The molecule has 0 spiro atoms. The number of carbonyl (C=O) groups is 2. The largest absolute Gasteiger partial charge is 0.449 e. The molecular formula is C14H19ClN2O3S. The minimum atomic E-state index is -0.292. The number of carbonyl (C=O) groups excluding carboxylic acids is 2. The fourth-order valence-electron chi connectivity index (χ4n) is 2.13. The molecule has 1 fully saturated rings. The van der Waals surface area contributed by atoms with Crippen LogP contribution < -0.4 is 5.32 Å². The summed E-state index contributed by atoms with van der Waals surface area (Å²) in [5.74, 6) is -0.141. The zero-order valence-electron chi connectivity index (χ0n) is 11.9. The van der Waals surface area contributed by atoms with E-state index in [0.717, 1.165) is 19.3 Å². The second kappa shape index (κ2) is 7.66. The summed E-state index contributed by atoms with van der Waals surface area (Å²) in [6.45, 7) is 3.61. The lowest BCUT2D eigenvalue weighted by Gasteiger charge is -2.16. The molecule has 0 aliphatic carbocycles. The molecule has 0 bridgehead atoms. The van der Waals surface area contributed by atoms with Crippen molar-refractivity contribution in [2.24, 2.45) is 0 Å². The van der Waals surface area contributed by atoms with Crippen LogP contribution >= 0.6 is 22.9 Å². The summed E-state index contributed by atoms with van der Waals surface area (Å²) in [4.78, 5) is 26.0. The first-order valence-corrected chi connectivity index (χ1v) is 8.27. The third kappa shape index (κ3) is 4.61. The molecule has 1 aromatic rings. The summed E-state index contributed by atoms with van der Waals surface area (Å²) < 4.78 is 5.76. The third-order valence-electron chi connectivity index (χ3n) is 3.30. The average molecular weight is 331 g/mol. The van der Waals surface area contributed by atoms with Crippen LogP contribution in [0.15, 0.2) is 12.1 Å². The molecule has 1 N–H and O–H groups in total. The Bertz CT molecular complexity index is 506. The zero-order valence-corrected chi connectivity index (χ0v) is 13.5. The number of hydrogen-bond acceptors (Lipinski definition) is 4. The summed E-state index contributed by atoms with van der Waals surface area (Å²) in [6.07, 6.45) is 2.32. The highest BCUT2D eigenvalue weighted by Crippen LogP contribution is 2.21. The summed E-state index contributed by atoms with van der Waals surface area (Å²) in [7, 11) is 0.